The molecule has 1 saturated carbocycles. The summed E-state index contributed by atoms with van der Waals surface area (Å²) in [6.07, 6.45) is 3.64. The van der Waals surface area contributed by atoms with Crippen LogP contribution in [0.1, 0.15) is 25.7 Å². The smallest absolute Gasteiger partial charge is 0.258 e. The molecule has 0 atom stereocenters. The first kappa shape index (κ1) is 18.0. The number of benzene rings is 1. The number of halogens is 3. The van der Waals surface area contributed by atoms with Crippen LogP contribution in [0.25, 0.3) is 0 Å². The Morgan fingerprint density at radius 1 is 1.38 bits per heavy atom. The number of carbonyl (C=O) groups is 1. The van der Waals surface area contributed by atoms with Gasteiger partial charge in [-0.15, -0.1) is 12.4 Å². The van der Waals surface area contributed by atoms with E-state index in [0.29, 0.717) is 5.75 Å². The van der Waals surface area contributed by atoms with Gasteiger partial charge in [0, 0.05) is 12.1 Å². The number of hydrogen-bond acceptors (Lipinski definition) is 3. The average Bonchev–Trinajstić information content (AvgIpc) is 2.40. The fourth-order valence-corrected chi connectivity index (χ4v) is 2.49. The van der Waals surface area contributed by atoms with Crippen LogP contribution in [-0.2, 0) is 4.79 Å². The summed E-state index contributed by atoms with van der Waals surface area (Å²) in [6.45, 7) is -0.131. The summed E-state index contributed by atoms with van der Waals surface area (Å²) in [7, 11) is 0. The molecule has 0 aliphatic heterocycles. The van der Waals surface area contributed by atoms with Gasteiger partial charge in [0.2, 0.25) is 0 Å². The Kier molecular flexibility index (Phi) is 7.22. The lowest BCUT2D eigenvalue weighted by molar-refractivity contribution is -0.124. The van der Waals surface area contributed by atoms with Gasteiger partial charge < -0.3 is 15.8 Å². The highest BCUT2D eigenvalue weighted by molar-refractivity contribution is 6.32. The first-order chi connectivity index (χ1) is 9.54. The van der Waals surface area contributed by atoms with Crippen LogP contribution in [0, 0.1) is 5.82 Å². The highest BCUT2D eigenvalue weighted by atomic mass is 35.5. The van der Waals surface area contributed by atoms with E-state index in [2.05, 4.69) is 5.32 Å². The monoisotopic (exact) mass is 336 g/mol. The van der Waals surface area contributed by atoms with Crippen molar-refractivity contribution in [3.8, 4) is 5.75 Å². The van der Waals surface area contributed by atoms with Crippen molar-refractivity contribution in [3.63, 3.8) is 0 Å². The molecule has 1 fully saturated rings. The van der Waals surface area contributed by atoms with Crippen LogP contribution in [0.4, 0.5) is 4.39 Å². The Bertz CT molecular complexity index is 480. The van der Waals surface area contributed by atoms with E-state index in [4.69, 9.17) is 22.1 Å². The lowest BCUT2D eigenvalue weighted by Gasteiger charge is -2.26. The van der Waals surface area contributed by atoms with Crippen molar-refractivity contribution in [1.29, 1.82) is 0 Å². The zero-order valence-electron chi connectivity index (χ0n) is 11.5. The summed E-state index contributed by atoms with van der Waals surface area (Å²) < 4.78 is 18.1. The van der Waals surface area contributed by atoms with Crippen LogP contribution in [0.3, 0.4) is 0 Å². The molecule has 0 unspecified atom stereocenters. The summed E-state index contributed by atoms with van der Waals surface area (Å²) in [5, 5.41) is 3.06. The minimum Gasteiger partial charge on any atom is -0.482 e. The molecule has 21 heavy (non-hydrogen) atoms. The predicted molar refractivity (Wildman–Crippen MR) is 82.5 cm³/mol. The van der Waals surface area contributed by atoms with Crippen LogP contribution < -0.4 is 15.8 Å². The molecule has 0 heterocycles. The van der Waals surface area contributed by atoms with Crippen LogP contribution in [0.2, 0.25) is 5.02 Å². The molecule has 7 heteroatoms. The topological polar surface area (TPSA) is 64.3 Å². The molecule has 2 rings (SSSR count). The lowest BCUT2D eigenvalue weighted by atomic mass is 9.92. The first-order valence-corrected chi connectivity index (χ1v) is 7.05. The quantitative estimate of drug-likeness (QED) is 0.888. The maximum Gasteiger partial charge on any atom is 0.258 e. The van der Waals surface area contributed by atoms with Crippen LogP contribution >= 0.6 is 24.0 Å². The number of rotatable bonds is 4. The number of hydrogen-bond donors (Lipinski definition) is 2. The molecular weight excluding hydrogens is 318 g/mol. The zero-order chi connectivity index (χ0) is 14.5. The normalized spacial score (nSPS) is 21.3. The SMILES string of the molecule is Cl.NC1CCC(NC(=O)COc2ccc(F)cc2Cl)CC1. The van der Waals surface area contributed by atoms with Gasteiger partial charge in [0.1, 0.15) is 11.6 Å². The Morgan fingerprint density at radius 3 is 2.67 bits per heavy atom. The van der Waals surface area contributed by atoms with Gasteiger partial charge >= 0.3 is 0 Å². The molecule has 1 aliphatic rings. The molecule has 0 aromatic heterocycles. The summed E-state index contributed by atoms with van der Waals surface area (Å²) in [5.74, 6) is -0.343. The van der Waals surface area contributed by atoms with Crippen molar-refractivity contribution in [3.05, 3.63) is 29.0 Å². The Morgan fingerprint density at radius 2 is 2.05 bits per heavy atom. The van der Waals surface area contributed by atoms with Gasteiger partial charge in [-0.05, 0) is 43.9 Å². The molecule has 0 bridgehead atoms. The molecular formula is C14H19Cl2FN2O2. The highest BCUT2D eigenvalue weighted by Crippen LogP contribution is 2.24. The van der Waals surface area contributed by atoms with Crippen LogP contribution in [0.5, 0.6) is 5.75 Å². The van der Waals surface area contributed by atoms with Gasteiger partial charge in [0.15, 0.2) is 6.61 Å². The average molecular weight is 337 g/mol. The predicted octanol–water partition coefficient (Wildman–Crippen LogP) is 2.67. The fraction of sp³-hybridized carbons (Fsp3) is 0.500. The zero-order valence-corrected chi connectivity index (χ0v) is 13.1. The second-order valence-electron chi connectivity index (χ2n) is 5.04. The van der Waals surface area contributed by atoms with E-state index >= 15 is 0 Å². The standard InChI is InChI=1S/C14H18ClFN2O2.ClH/c15-12-7-9(16)1-6-13(12)20-8-14(19)18-11-4-2-10(17)3-5-11;/h1,6-7,10-11H,2-5,8,17H2,(H,18,19);1H. The molecule has 1 aliphatic carbocycles. The molecule has 3 N–H and O–H groups in total. The third kappa shape index (κ3) is 5.69. The fourth-order valence-electron chi connectivity index (χ4n) is 2.27. The van der Waals surface area contributed by atoms with Gasteiger partial charge in [0.05, 0.1) is 5.02 Å². The molecule has 4 nitrogen and oxygen atoms in total. The van der Waals surface area contributed by atoms with Crippen molar-refractivity contribution in [2.24, 2.45) is 5.73 Å². The van der Waals surface area contributed by atoms with Crippen molar-refractivity contribution in [1.82, 2.24) is 5.32 Å². The van der Waals surface area contributed by atoms with Gasteiger partial charge in [-0.3, -0.25) is 4.79 Å². The third-order valence-corrected chi connectivity index (χ3v) is 3.69. The number of ether oxygens (including phenoxy) is 1. The molecule has 0 radical (unpaired) electrons. The second kappa shape index (κ2) is 8.41. The maximum atomic E-state index is 12.9. The van der Waals surface area contributed by atoms with Gasteiger partial charge in [-0.25, -0.2) is 4.39 Å². The van der Waals surface area contributed by atoms with E-state index in [1.807, 2.05) is 0 Å². The number of amides is 1. The van der Waals surface area contributed by atoms with Crippen molar-refractivity contribution in [2.45, 2.75) is 37.8 Å². The summed E-state index contributed by atoms with van der Waals surface area (Å²) in [6, 6.07) is 4.20. The number of nitrogens with one attached hydrogen (secondary N) is 1. The second-order valence-corrected chi connectivity index (χ2v) is 5.45. The maximum absolute atomic E-state index is 12.9. The Balaban J connectivity index is 0.00000220. The van der Waals surface area contributed by atoms with E-state index < -0.39 is 5.82 Å². The van der Waals surface area contributed by atoms with Crippen molar-refractivity contribution >= 4 is 29.9 Å². The molecule has 1 amide bonds. The minimum atomic E-state index is -0.439. The van der Waals surface area contributed by atoms with E-state index in [9.17, 15) is 9.18 Å². The van der Waals surface area contributed by atoms with E-state index in [1.54, 1.807) is 0 Å². The van der Waals surface area contributed by atoms with Crippen LogP contribution in [0.15, 0.2) is 18.2 Å². The molecule has 0 spiro atoms. The number of nitrogens with two attached hydrogens (primary N) is 1. The minimum absolute atomic E-state index is 0. The van der Waals surface area contributed by atoms with Crippen molar-refractivity contribution in [2.75, 3.05) is 6.61 Å². The van der Waals surface area contributed by atoms with E-state index in [1.165, 1.54) is 12.1 Å². The van der Waals surface area contributed by atoms with Gasteiger partial charge in [-0.2, -0.15) is 0 Å². The Labute approximate surface area is 134 Å². The first-order valence-electron chi connectivity index (χ1n) is 6.67. The summed E-state index contributed by atoms with van der Waals surface area (Å²) in [5.41, 5.74) is 5.81. The summed E-state index contributed by atoms with van der Waals surface area (Å²) in [4.78, 5) is 11.8. The van der Waals surface area contributed by atoms with E-state index in [-0.39, 0.29) is 42.0 Å². The number of carbonyl (C=O) groups excluding carboxylic acids is 1. The highest BCUT2D eigenvalue weighted by Gasteiger charge is 2.20. The molecule has 1 aromatic rings. The van der Waals surface area contributed by atoms with Crippen molar-refractivity contribution < 1.29 is 13.9 Å². The third-order valence-electron chi connectivity index (χ3n) is 3.39. The molecule has 118 valence electrons. The summed E-state index contributed by atoms with van der Waals surface area (Å²) >= 11 is 5.81. The Hall–Kier alpha value is -1.04. The van der Waals surface area contributed by atoms with Gasteiger partial charge in [-0.1, -0.05) is 11.6 Å². The van der Waals surface area contributed by atoms with Gasteiger partial charge in [0.25, 0.3) is 5.91 Å². The van der Waals surface area contributed by atoms with E-state index in [0.717, 1.165) is 31.7 Å². The lowest BCUT2D eigenvalue weighted by Crippen LogP contribution is -2.42. The molecule has 0 saturated heterocycles. The molecule has 1 aromatic carbocycles. The van der Waals surface area contributed by atoms with Crippen LogP contribution in [-0.4, -0.2) is 24.6 Å². The largest absolute Gasteiger partial charge is 0.482 e.